The molecule has 2 amide bonds. The topological polar surface area (TPSA) is 109 Å². The van der Waals surface area contributed by atoms with Gasteiger partial charge in [-0.15, -0.1) is 0 Å². The van der Waals surface area contributed by atoms with Gasteiger partial charge in [-0.3, -0.25) is 25.1 Å². The van der Waals surface area contributed by atoms with Crippen LogP contribution in [0.25, 0.3) is 17.4 Å². The highest BCUT2D eigenvalue weighted by Crippen LogP contribution is 2.35. The van der Waals surface area contributed by atoms with Gasteiger partial charge in [-0.1, -0.05) is 29.8 Å². The van der Waals surface area contributed by atoms with Gasteiger partial charge in [-0.05, 0) is 56.3 Å². The van der Waals surface area contributed by atoms with Gasteiger partial charge in [0, 0.05) is 36.7 Å². The standard InChI is InChI=1S/C22H21ClN4O5S2/c23-17-12-14(27(30)31)4-6-16(17)18-7-5-15(32-18)13-19-21(29)26(22(33)34-19)24-20(28)8-11-25-9-2-1-3-10-25/h4-7,12-13H,1-3,8-11H2,(H,24,28)/b19-13+. The van der Waals surface area contributed by atoms with Crippen LogP contribution < -0.4 is 5.43 Å². The van der Waals surface area contributed by atoms with Crippen molar-refractivity contribution in [2.45, 2.75) is 25.7 Å². The molecule has 0 unspecified atom stereocenters. The van der Waals surface area contributed by atoms with E-state index in [1.807, 2.05) is 0 Å². The van der Waals surface area contributed by atoms with Crippen LogP contribution in [0.1, 0.15) is 31.4 Å². The summed E-state index contributed by atoms with van der Waals surface area (Å²) < 4.78 is 6.00. The smallest absolute Gasteiger partial charge is 0.285 e. The minimum Gasteiger partial charge on any atom is -0.457 e. The van der Waals surface area contributed by atoms with E-state index in [1.165, 1.54) is 30.7 Å². The van der Waals surface area contributed by atoms with Gasteiger partial charge in [-0.2, -0.15) is 5.01 Å². The number of carbonyl (C=O) groups excluding carboxylic acids is 2. The summed E-state index contributed by atoms with van der Waals surface area (Å²) in [6.07, 6.45) is 5.33. The number of hydrogen-bond donors (Lipinski definition) is 1. The lowest BCUT2D eigenvalue weighted by atomic mass is 10.1. The number of carbonyl (C=O) groups is 2. The molecule has 0 radical (unpaired) electrons. The summed E-state index contributed by atoms with van der Waals surface area (Å²) >= 11 is 12.5. The summed E-state index contributed by atoms with van der Waals surface area (Å²) in [6, 6.07) is 7.39. The van der Waals surface area contributed by atoms with Crippen molar-refractivity contribution in [2.24, 2.45) is 0 Å². The highest BCUT2D eigenvalue weighted by molar-refractivity contribution is 8.26. The Balaban J connectivity index is 1.40. The molecule has 0 spiro atoms. The molecule has 0 bridgehead atoms. The van der Waals surface area contributed by atoms with Gasteiger partial charge < -0.3 is 9.32 Å². The van der Waals surface area contributed by atoms with E-state index in [0.717, 1.165) is 42.7 Å². The number of nitrogens with zero attached hydrogens (tertiary/aromatic N) is 3. The number of hydrogen-bond acceptors (Lipinski definition) is 8. The lowest BCUT2D eigenvalue weighted by molar-refractivity contribution is -0.384. The molecule has 2 saturated heterocycles. The molecule has 9 nitrogen and oxygen atoms in total. The maximum atomic E-state index is 12.8. The van der Waals surface area contributed by atoms with Crippen molar-refractivity contribution in [1.29, 1.82) is 0 Å². The number of nitro groups is 1. The third kappa shape index (κ3) is 5.66. The van der Waals surface area contributed by atoms with Gasteiger partial charge in [0.1, 0.15) is 11.5 Å². The Morgan fingerprint density at radius 1 is 1.26 bits per heavy atom. The van der Waals surface area contributed by atoms with Crippen LogP contribution in [0.5, 0.6) is 0 Å². The minimum atomic E-state index is -0.530. The molecule has 12 heteroatoms. The highest BCUT2D eigenvalue weighted by atomic mass is 35.5. The van der Waals surface area contributed by atoms with Crippen molar-refractivity contribution >= 4 is 63.5 Å². The zero-order valence-electron chi connectivity index (χ0n) is 18.0. The molecule has 0 aliphatic carbocycles. The van der Waals surface area contributed by atoms with E-state index in [2.05, 4.69) is 10.3 Å². The number of nitro benzene ring substituents is 1. The summed E-state index contributed by atoms with van der Waals surface area (Å²) in [4.78, 5) is 38.1. The van der Waals surface area contributed by atoms with Crippen LogP contribution in [-0.4, -0.2) is 50.6 Å². The number of thioether (sulfide) groups is 1. The van der Waals surface area contributed by atoms with Crippen molar-refractivity contribution in [3.05, 3.63) is 56.1 Å². The predicted octanol–water partition coefficient (Wildman–Crippen LogP) is 4.62. The Kier molecular flexibility index (Phi) is 7.67. The fourth-order valence-electron chi connectivity index (χ4n) is 3.71. The molecule has 4 rings (SSSR count). The molecular weight excluding hydrogens is 500 g/mol. The van der Waals surface area contributed by atoms with E-state index in [-0.39, 0.29) is 27.4 Å². The molecule has 1 aromatic heterocycles. The number of furan rings is 1. The molecule has 0 saturated carbocycles. The van der Waals surface area contributed by atoms with Crippen LogP contribution in [0.15, 0.2) is 39.7 Å². The largest absolute Gasteiger partial charge is 0.457 e. The summed E-state index contributed by atoms with van der Waals surface area (Å²) in [7, 11) is 0. The first-order valence-electron chi connectivity index (χ1n) is 10.7. The van der Waals surface area contributed by atoms with E-state index >= 15 is 0 Å². The SMILES string of the molecule is O=C(CCN1CCCCC1)NN1C(=O)/C(=C\c2ccc(-c3ccc([N+](=O)[O-])cc3Cl)o2)SC1=S. The summed E-state index contributed by atoms with van der Waals surface area (Å²) in [5.74, 6) is 0.0675. The average Bonchev–Trinajstić information content (AvgIpc) is 3.38. The zero-order valence-corrected chi connectivity index (χ0v) is 20.4. The van der Waals surface area contributed by atoms with Crippen molar-refractivity contribution in [1.82, 2.24) is 15.3 Å². The van der Waals surface area contributed by atoms with Gasteiger partial charge in [0.25, 0.3) is 11.6 Å². The van der Waals surface area contributed by atoms with Gasteiger partial charge in [0.15, 0.2) is 4.32 Å². The molecule has 2 fully saturated rings. The third-order valence-electron chi connectivity index (χ3n) is 5.46. The molecule has 1 N–H and O–H groups in total. The second-order valence-electron chi connectivity index (χ2n) is 7.83. The molecule has 2 aliphatic rings. The van der Waals surface area contributed by atoms with Crippen molar-refractivity contribution in [2.75, 3.05) is 19.6 Å². The summed E-state index contributed by atoms with van der Waals surface area (Å²) in [6.45, 7) is 2.64. The number of amides is 2. The Morgan fingerprint density at radius 2 is 2.03 bits per heavy atom. The molecule has 3 heterocycles. The van der Waals surface area contributed by atoms with Crippen molar-refractivity contribution in [3.63, 3.8) is 0 Å². The molecule has 178 valence electrons. The Labute approximate surface area is 210 Å². The maximum Gasteiger partial charge on any atom is 0.285 e. The quantitative estimate of drug-likeness (QED) is 0.244. The van der Waals surface area contributed by atoms with Gasteiger partial charge in [0.2, 0.25) is 5.91 Å². The number of piperidine rings is 1. The second-order valence-corrected chi connectivity index (χ2v) is 9.91. The molecule has 34 heavy (non-hydrogen) atoms. The number of rotatable bonds is 7. The number of benzene rings is 1. The van der Waals surface area contributed by atoms with Gasteiger partial charge in [-0.25, -0.2) is 0 Å². The van der Waals surface area contributed by atoms with Crippen molar-refractivity contribution in [3.8, 4) is 11.3 Å². The lowest BCUT2D eigenvalue weighted by Crippen LogP contribution is -2.46. The fraction of sp³-hybridized carbons (Fsp3) is 0.318. The molecular formula is C22H21ClN4O5S2. The molecule has 2 aliphatic heterocycles. The highest BCUT2D eigenvalue weighted by Gasteiger charge is 2.34. The average molecular weight is 521 g/mol. The number of likely N-dealkylation sites (tertiary alicyclic amines) is 1. The van der Waals surface area contributed by atoms with Gasteiger partial charge >= 0.3 is 0 Å². The Morgan fingerprint density at radius 3 is 2.74 bits per heavy atom. The Hall–Kier alpha value is -2.73. The summed E-state index contributed by atoms with van der Waals surface area (Å²) in [5, 5.41) is 12.2. The first kappa shape index (κ1) is 24.4. The number of hydrazine groups is 1. The zero-order chi connectivity index (χ0) is 24.2. The van der Waals surface area contributed by atoms with E-state index < -0.39 is 10.8 Å². The van der Waals surface area contributed by atoms with Crippen LogP contribution in [0.4, 0.5) is 5.69 Å². The second kappa shape index (κ2) is 10.7. The molecule has 2 aromatic rings. The third-order valence-corrected chi connectivity index (χ3v) is 7.08. The number of halogens is 1. The van der Waals surface area contributed by atoms with Crippen LogP contribution in [0, 0.1) is 10.1 Å². The first-order valence-corrected chi connectivity index (χ1v) is 12.3. The van der Waals surface area contributed by atoms with Crippen LogP contribution in [0.3, 0.4) is 0 Å². The molecule has 0 atom stereocenters. The number of non-ortho nitro benzene ring substituents is 1. The fourth-order valence-corrected chi connectivity index (χ4v) is 5.14. The van der Waals surface area contributed by atoms with E-state index in [4.69, 9.17) is 28.2 Å². The maximum absolute atomic E-state index is 12.8. The van der Waals surface area contributed by atoms with E-state index in [9.17, 15) is 19.7 Å². The number of nitrogens with one attached hydrogen (secondary N) is 1. The normalized spacial score (nSPS) is 18.0. The number of thiocarbonyl (C=S) groups is 1. The van der Waals surface area contributed by atoms with E-state index in [0.29, 0.717) is 28.5 Å². The monoisotopic (exact) mass is 520 g/mol. The van der Waals surface area contributed by atoms with Gasteiger partial charge in [0.05, 0.1) is 14.9 Å². The summed E-state index contributed by atoms with van der Waals surface area (Å²) in [5.41, 5.74) is 2.96. The molecule has 1 aromatic carbocycles. The Bertz CT molecular complexity index is 1180. The van der Waals surface area contributed by atoms with Crippen LogP contribution in [0.2, 0.25) is 5.02 Å². The van der Waals surface area contributed by atoms with Crippen LogP contribution in [-0.2, 0) is 9.59 Å². The minimum absolute atomic E-state index is 0.123. The van der Waals surface area contributed by atoms with E-state index in [1.54, 1.807) is 12.1 Å². The predicted molar refractivity (Wildman–Crippen MR) is 134 cm³/mol. The first-order chi connectivity index (χ1) is 16.3. The van der Waals surface area contributed by atoms with Crippen LogP contribution >= 0.6 is 35.6 Å². The van der Waals surface area contributed by atoms with Crippen molar-refractivity contribution < 1.29 is 18.9 Å². The lowest BCUT2D eigenvalue weighted by Gasteiger charge is -2.26.